The fourth-order valence-corrected chi connectivity index (χ4v) is 0.510. The molecule has 0 spiro atoms. The van der Waals surface area contributed by atoms with Crippen LogP contribution in [0.4, 0.5) is 0 Å². The van der Waals surface area contributed by atoms with Gasteiger partial charge in [0.1, 0.15) is 0 Å². The average molecular weight is 139 g/mol. The smallest absolute Gasteiger partial charge is 0.0942 e. The van der Waals surface area contributed by atoms with E-state index in [1.807, 2.05) is 0 Å². The van der Waals surface area contributed by atoms with Crippen LogP contribution in [0.2, 0.25) is 0 Å². The van der Waals surface area contributed by atoms with Crippen LogP contribution in [-0.2, 0) is 4.74 Å². The highest BCUT2D eigenvalue weighted by molar-refractivity contribution is 5.11. The molecule has 0 aromatic carbocycles. The van der Waals surface area contributed by atoms with Gasteiger partial charge in [-0.25, -0.2) is 0 Å². The van der Waals surface area contributed by atoms with Gasteiger partial charge in [-0.05, 0) is 6.08 Å². The highest BCUT2D eigenvalue weighted by atomic mass is 16.5. The third-order valence-electron chi connectivity index (χ3n) is 1.02. The fourth-order valence-electron chi connectivity index (χ4n) is 0.510. The second-order valence-corrected chi connectivity index (χ2v) is 1.90. The standard InChI is InChI=1S/C8H13NO/c1-4-5-8(9)6-7(2)10-3/h4-5H,1-2,6,9H2,3H3/b8-5+. The second kappa shape index (κ2) is 4.68. The van der Waals surface area contributed by atoms with Gasteiger partial charge in [0.2, 0.25) is 0 Å². The number of ether oxygens (including phenoxy) is 1. The van der Waals surface area contributed by atoms with E-state index in [0.717, 1.165) is 0 Å². The van der Waals surface area contributed by atoms with Gasteiger partial charge in [0.25, 0.3) is 0 Å². The van der Waals surface area contributed by atoms with Gasteiger partial charge < -0.3 is 10.5 Å². The summed E-state index contributed by atoms with van der Waals surface area (Å²) < 4.78 is 4.82. The lowest BCUT2D eigenvalue weighted by Gasteiger charge is -2.02. The van der Waals surface area contributed by atoms with E-state index in [0.29, 0.717) is 17.9 Å². The molecule has 0 aliphatic rings. The minimum atomic E-state index is 0.572. The molecule has 0 aliphatic carbocycles. The van der Waals surface area contributed by atoms with Crippen molar-refractivity contribution < 1.29 is 4.74 Å². The van der Waals surface area contributed by atoms with Crippen LogP contribution < -0.4 is 5.73 Å². The molecule has 0 aromatic rings. The van der Waals surface area contributed by atoms with Crippen LogP contribution in [0.25, 0.3) is 0 Å². The Hall–Kier alpha value is -1.18. The van der Waals surface area contributed by atoms with Crippen LogP contribution in [0.15, 0.2) is 36.8 Å². The van der Waals surface area contributed by atoms with Crippen molar-refractivity contribution in [2.75, 3.05) is 7.11 Å². The summed E-state index contributed by atoms with van der Waals surface area (Å²) in [6.07, 6.45) is 3.94. The third-order valence-corrected chi connectivity index (χ3v) is 1.02. The van der Waals surface area contributed by atoms with Crippen molar-refractivity contribution in [3.8, 4) is 0 Å². The van der Waals surface area contributed by atoms with Crippen LogP contribution in [0.5, 0.6) is 0 Å². The summed E-state index contributed by atoms with van der Waals surface area (Å²) >= 11 is 0. The Morgan fingerprint density at radius 3 is 2.70 bits per heavy atom. The Bertz CT molecular complexity index is 159. The normalized spacial score (nSPS) is 10.7. The summed E-state index contributed by atoms with van der Waals surface area (Å²) in [4.78, 5) is 0. The second-order valence-electron chi connectivity index (χ2n) is 1.90. The summed E-state index contributed by atoms with van der Waals surface area (Å²) in [6.45, 7) is 7.12. The Labute approximate surface area is 61.7 Å². The van der Waals surface area contributed by atoms with E-state index < -0.39 is 0 Å². The maximum absolute atomic E-state index is 5.51. The quantitative estimate of drug-likeness (QED) is 0.474. The predicted molar refractivity (Wildman–Crippen MR) is 43.2 cm³/mol. The number of hydrogen-bond donors (Lipinski definition) is 1. The van der Waals surface area contributed by atoms with E-state index in [-0.39, 0.29) is 0 Å². The summed E-state index contributed by atoms with van der Waals surface area (Å²) in [5.74, 6) is 0.663. The van der Waals surface area contributed by atoms with Gasteiger partial charge in [-0.2, -0.15) is 0 Å². The number of methoxy groups -OCH3 is 1. The van der Waals surface area contributed by atoms with E-state index >= 15 is 0 Å². The zero-order valence-corrected chi connectivity index (χ0v) is 6.26. The van der Waals surface area contributed by atoms with E-state index in [1.54, 1.807) is 19.3 Å². The molecule has 10 heavy (non-hydrogen) atoms. The minimum absolute atomic E-state index is 0.572. The lowest BCUT2D eigenvalue weighted by molar-refractivity contribution is 0.285. The number of allylic oxidation sites excluding steroid dienone is 2. The molecule has 0 aromatic heterocycles. The molecular weight excluding hydrogens is 126 g/mol. The SMILES string of the molecule is C=C/C=C(/N)CC(=C)OC. The first-order chi connectivity index (χ1) is 4.70. The first-order valence-electron chi connectivity index (χ1n) is 2.99. The Morgan fingerprint density at radius 2 is 2.30 bits per heavy atom. The van der Waals surface area contributed by atoms with Gasteiger partial charge in [-0.15, -0.1) is 0 Å². The Kier molecular flexibility index (Phi) is 4.12. The zero-order valence-electron chi connectivity index (χ0n) is 6.26. The maximum atomic E-state index is 5.51. The summed E-state index contributed by atoms with van der Waals surface area (Å²) in [7, 11) is 1.57. The van der Waals surface area contributed by atoms with Gasteiger partial charge >= 0.3 is 0 Å². The molecule has 0 saturated heterocycles. The van der Waals surface area contributed by atoms with Crippen molar-refractivity contribution in [2.24, 2.45) is 5.73 Å². The van der Waals surface area contributed by atoms with Gasteiger partial charge in [0.15, 0.2) is 0 Å². The van der Waals surface area contributed by atoms with Crippen molar-refractivity contribution in [3.63, 3.8) is 0 Å². The highest BCUT2D eigenvalue weighted by Crippen LogP contribution is 2.03. The maximum Gasteiger partial charge on any atom is 0.0942 e. The highest BCUT2D eigenvalue weighted by Gasteiger charge is 1.92. The molecule has 0 aliphatic heterocycles. The molecule has 0 bridgehead atoms. The van der Waals surface area contributed by atoms with Crippen molar-refractivity contribution >= 4 is 0 Å². The third kappa shape index (κ3) is 3.78. The predicted octanol–water partition coefficient (Wildman–Crippen LogP) is 1.57. The van der Waals surface area contributed by atoms with Crippen molar-refractivity contribution in [3.05, 3.63) is 36.8 Å². The lowest BCUT2D eigenvalue weighted by atomic mass is 10.3. The largest absolute Gasteiger partial charge is 0.501 e. The molecule has 2 N–H and O–H groups in total. The van der Waals surface area contributed by atoms with Gasteiger partial charge in [-0.3, -0.25) is 0 Å². The van der Waals surface area contributed by atoms with E-state index in [4.69, 9.17) is 10.5 Å². The van der Waals surface area contributed by atoms with Crippen LogP contribution >= 0.6 is 0 Å². The van der Waals surface area contributed by atoms with Gasteiger partial charge in [0.05, 0.1) is 12.9 Å². The minimum Gasteiger partial charge on any atom is -0.501 e. The summed E-state index contributed by atoms with van der Waals surface area (Å²) in [6, 6.07) is 0. The molecule has 56 valence electrons. The summed E-state index contributed by atoms with van der Waals surface area (Å²) in [5.41, 5.74) is 6.22. The topological polar surface area (TPSA) is 35.2 Å². The molecular formula is C8H13NO. The van der Waals surface area contributed by atoms with Crippen LogP contribution in [0.1, 0.15) is 6.42 Å². The first-order valence-corrected chi connectivity index (χ1v) is 2.99. The van der Waals surface area contributed by atoms with E-state index in [2.05, 4.69) is 13.2 Å². The number of nitrogens with two attached hydrogens (primary N) is 1. The molecule has 0 radical (unpaired) electrons. The number of rotatable bonds is 4. The lowest BCUT2D eigenvalue weighted by Crippen LogP contribution is -1.98. The molecule has 0 amide bonds. The monoisotopic (exact) mass is 139 g/mol. The molecule has 0 saturated carbocycles. The van der Waals surface area contributed by atoms with Crippen molar-refractivity contribution in [2.45, 2.75) is 6.42 Å². The zero-order chi connectivity index (χ0) is 7.98. The van der Waals surface area contributed by atoms with Gasteiger partial charge in [-0.1, -0.05) is 19.2 Å². The molecule has 2 heteroatoms. The molecule has 0 fully saturated rings. The van der Waals surface area contributed by atoms with Crippen LogP contribution in [0, 0.1) is 0 Å². The van der Waals surface area contributed by atoms with E-state index in [1.165, 1.54) is 0 Å². The average Bonchev–Trinajstić information content (AvgIpc) is 1.88. The fraction of sp³-hybridized carbons (Fsp3) is 0.250. The van der Waals surface area contributed by atoms with Crippen LogP contribution in [-0.4, -0.2) is 7.11 Å². The summed E-state index contributed by atoms with van der Waals surface area (Å²) in [5, 5.41) is 0. The molecule has 0 atom stereocenters. The Balaban J connectivity index is 3.78. The molecule has 0 unspecified atom stereocenters. The molecule has 2 nitrogen and oxygen atoms in total. The molecule has 0 heterocycles. The Morgan fingerprint density at radius 1 is 1.70 bits per heavy atom. The van der Waals surface area contributed by atoms with Crippen molar-refractivity contribution in [1.82, 2.24) is 0 Å². The number of hydrogen-bond acceptors (Lipinski definition) is 2. The molecule has 0 rings (SSSR count). The van der Waals surface area contributed by atoms with E-state index in [9.17, 15) is 0 Å². The van der Waals surface area contributed by atoms with Crippen LogP contribution in [0.3, 0.4) is 0 Å². The first kappa shape index (κ1) is 8.82. The van der Waals surface area contributed by atoms with Crippen molar-refractivity contribution in [1.29, 1.82) is 0 Å². The van der Waals surface area contributed by atoms with Gasteiger partial charge in [0, 0.05) is 12.1 Å².